The topological polar surface area (TPSA) is 101 Å². The van der Waals surface area contributed by atoms with Crippen molar-refractivity contribution in [2.75, 3.05) is 12.3 Å². The van der Waals surface area contributed by atoms with Crippen LogP contribution < -0.4 is 11.3 Å². The molecule has 1 atom stereocenters. The zero-order chi connectivity index (χ0) is 9.84. The molecule has 1 aromatic rings. The van der Waals surface area contributed by atoms with E-state index in [1.807, 2.05) is 0 Å². The molecular weight excluding hydrogens is 174 g/mol. The number of aromatic nitrogens is 2. The average molecular weight is 185 g/mol. The quantitative estimate of drug-likeness (QED) is 0.514. The van der Waals surface area contributed by atoms with E-state index in [4.69, 9.17) is 15.9 Å². The predicted octanol–water partition coefficient (Wildman–Crippen LogP) is -1.82. The second-order valence-electron chi connectivity index (χ2n) is 2.65. The highest BCUT2D eigenvalue weighted by atomic mass is 16.3. The highest BCUT2D eigenvalue weighted by molar-refractivity contribution is 5.31. The lowest BCUT2D eigenvalue weighted by atomic mass is 10.4. The minimum Gasteiger partial charge on any atom is -0.397 e. The van der Waals surface area contributed by atoms with Crippen LogP contribution in [0.5, 0.6) is 0 Å². The first-order chi connectivity index (χ1) is 6.13. The number of rotatable bonds is 3. The zero-order valence-electron chi connectivity index (χ0n) is 6.92. The Morgan fingerprint density at radius 2 is 2.38 bits per heavy atom. The van der Waals surface area contributed by atoms with Crippen LogP contribution in [0.25, 0.3) is 0 Å². The fraction of sp³-hybridized carbons (Fsp3) is 0.429. The van der Waals surface area contributed by atoms with Crippen molar-refractivity contribution in [2.45, 2.75) is 12.6 Å². The molecule has 0 fully saturated rings. The standard InChI is InChI=1S/C7H11N3O3/c8-5-1-7(13)10(9-2-5)3-6(12)4-11/h1-2,6,11-12H,3-4,8H2. The van der Waals surface area contributed by atoms with Gasteiger partial charge >= 0.3 is 0 Å². The van der Waals surface area contributed by atoms with Gasteiger partial charge in [0, 0.05) is 6.07 Å². The molecule has 0 aliphatic rings. The van der Waals surface area contributed by atoms with E-state index in [0.717, 1.165) is 4.68 Å². The third kappa shape index (κ3) is 2.53. The number of nitrogens with two attached hydrogens (primary N) is 1. The Morgan fingerprint density at radius 1 is 1.69 bits per heavy atom. The normalized spacial score (nSPS) is 12.8. The van der Waals surface area contributed by atoms with Crippen molar-refractivity contribution in [3.8, 4) is 0 Å². The molecular formula is C7H11N3O3. The maximum atomic E-state index is 11.1. The molecule has 0 bridgehead atoms. The van der Waals surface area contributed by atoms with Gasteiger partial charge in [0.25, 0.3) is 5.56 Å². The summed E-state index contributed by atoms with van der Waals surface area (Å²) in [7, 11) is 0. The van der Waals surface area contributed by atoms with Crippen LogP contribution in [0.2, 0.25) is 0 Å². The van der Waals surface area contributed by atoms with Gasteiger partial charge in [-0.15, -0.1) is 0 Å². The molecule has 1 heterocycles. The van der Waals surface area contributed by atoms with Gasteiger partial charge in [0.2, 0.25) is 0 Å². The Morgan fingerprint density at radius 3 is 2.92 bits per heavy atom. The van der Waals surface area contributed by atoms with Gasteiger partial charge in [-0.2, -0.15) is 5.10 Å². The lowest BCUT2D eigenvalue weighted by Gasteiger charge is -2.07. The molecule has 0 aliphatic heterocycles. The summed E-state index contributed by atoms with van der Waals surface area (Å²) in [6, 6.07) is 1.21. The number of nitrogens with zero attached hydrogens (tertiary/aromatic N) is 2. The number of anilines is 1. The molecule has 4 N–H and O–H groups in total. The van der Waals surface area contributed by atoms with Crippen molar-refractivity contribution in [3.05, 3.63) is 22.6 Å². The Balaban J connectivity index is 2.84. The number of aliphatic hydroxyl groups excluding tert-OH is 2. The van der Waals surface area contributed by atoms with E-state index < -0.39 is 18.3 Å². The highest BCUT2D eigenvalue weighted by Crippen LogP contribution is 1.91. The Hall–Kier alpha value is -1.40. The third-order valence-corrected chi connectivity index (χ3v) is 1.49. The van der Waals surface area contributed by atoms with Gasteiger partial charge in [-0.1, -0.05) is 0 Å². The van der Waals surface area contributed by atoms with Crippen LogP contribution in [0.3, 0.4) is 0 Å². The van der Waals surface area contributed by atoms with Crippen LogP contribution in [-0.2, 0) is 6.54 Å². The summed E-state index contributed by atoms with van der Waals surface area (Å²) in [6.07, 6.45) is 0.333. The highest BCUT2D eigenvalue weighted by Gasteiger charge is 2.05. The van der Waals surface area contributed by atoms with E-state index in [1.165, 1.54) is 12.3 Å². The first-order valence-electron chi connectivity index (χ1n) is 3.75. The van der Waals surface area contributed by atoms with E-state index in [-0.39, 0.29) is 12.2 Å². The number of hydrogen-bond donors (Lipinski definition) is 3. The van der Waals surface area contributed by atoms with E-state index in [0.29, 0.717) is 0 Å². The van der Waals surface area contributed by atoms with Gasteiger partial charge in [-0.3, -0.25) is 4.79 Å². The lowest BCUT2D eigenvalue weighted by Crippen LogP contribution is -2.30. The summed E-state index contributed by atoms with van der Waals surface area (Å²) in [5.74, 6) is 0. The first-order valence-corrected chi connectivity index (χ1v) is 3.75. The van der Waals surface area contributed by atoms with E-state index in [9.17, 15) is 4.79 Å². The van der Waals surface area contributed by atoms with E-state index in [2.05, 4.69) is 5.10 Å². The molecule has 1 aromatic heterocycles. The molecule has 6 heteroatoms. The molecule has 0 spiro atoms. The average Bonchev–Trinajstić information content (AvgIpc) is 2.09. The second-order valence-corrected chi connectivity index (χ2v) is 2.65. The monoisotopic (exact) mass is 185 g/mol. The van der Waals surface area contributed by atoms with E-state index in [1.54, 1.807) is 0 Å². The summed E-state index contributed by atoms with van der Waals surface area (Å²) in [5, 5.41) is 21.2. The summed E-state index contributed by atoms with van der Waals surface area (Å²) in [4.78, 5) is 11.1. The van der Waals surface area contributed by atoms with Gasteiger partial charge < -0.3 is 15.9 Å². The molecule has 0 aliphatic carbocycles. The molecule has 0 saturated heterocycles. The van der Waals surface area contributed by atoms with Crippen molar-refractivity contribution >= 4 is 5.69 Å². The molecule has 13 heavy (non-hydrogen) atoms. The predicted molar refractivity (Wildman–Crippen MR) is 46.0 cm³/mol. The molecule has 6 nitrogen and oxygen atoms in total. The van der Waals surface area contributed by atoms with Crippen LogP contribution in [0, 0.1) is 0 Å². The third-order valence-electron chi connectivity index (χ3n) is 1.49. The smallest absolute Gasteiger partial charge is 0.268 e. The van der Waals surface area contributed by atoms with Gasteiger partial charge in [0.1, 0.15) is 0 Å². The second kappa shape index (κ2) is 4.01. The molecule has 0 radical (unpaired) electrons. The van der Waals surface area contributed by atoms with Crippen LogP contribution >= 0.6 is 0 Å². The maximum Gasteiger partial charge on any atom is 0.268 e. The van der Waals surface area contributed by atoms with Crippen LogP contribution in [0.1, 0.15) is 0 Å². The first kappa shape index (κ1) is 9.69. The lowest BCUT2D eigenvalue weighted by molar-refractivity contribution is 0.0770. The summed E-state index contributed by atoms with van der Waals surface area (Å²) >= 11 is 0. The molecule has 0 saturated carbocycles. The Kier molecular flexibility index (Phi) is 2.99. The van der Waals surface area contributed by atoms with Crippen LogP contribution in [0.4, 0.5) is 5.69 Å². The number of aliphatic hydroxyl groups is 2. The van der Waals surface area contributed by atoms with E-state index >= 15 is 0 Å². The summed E-state index contributed by atoms with van der Waals surface area (Å²) < 4.78 is 1.04. The SMILES string of the molecule is Nc1cnn(CC(O)CO)c(=O)c1. The molecule has 1 unspecified atom stereocenters. The van der Waals surface area contributed by atoms with Crippen molar-refractivity contribution in [1.82, 2.24) is 9.78 Å². The minimum atomic E-state index is -0.978. The molecule has 0 aromatic carbocycles. The van der Waals surface area contributed by atoms with Crippen molar-refractivity contribution in [1.29, 1.82) is 0 Å². The van der Waals surface area contributed by atoms with Crippen LogP contribution in [0.15, 0.2) is 17.1 Å². The Labute approximate surface area is 74.2 Å². The van der Waals surface area contributed by atoms with Crippen molar-refractivity contribution in [2.24, 2.45) is 0 Å². The van der Waals surface area contributed by atoms with Crippen LogP contribution in [-0.4, -0.2) is 32.7 Å². The van der Waals surface area contributed by atoms with Crippen molar-refractivity contribution in [3.63, 3.8) is 0 Å². The summed E-state index contributed by atoms with van der Waals surface area (Å²) in [6.45, 7) is -0.436. The fourth-order valence-corrected chi connectivity index (χ4v) is 0.842. The number of hydrogen-bond acceptors (Lipinski definition) is 5. The maximum absolute atomic E-state index is 11.1. The molecule has 0 amide bonds. The van der Waals surface area contributed by atoms with Gasteiger partial charge in [-0.05, 0) is 0 Å². The van der Waals surface area contributed by atoms with Gasteiger partial charge in [0.15, 0.2) is 0 Å². The Bertz CT molecular complexity index is 336. The molecule has 1 rings (SSSR count). The van der Waals surface area contributed by atoms with Gasteiger partial charge in [-0.25, -0.2) is 4.68 Å². The largest absolute Gasteiger partial charge is 0.397 e. The zero-order valence-corrected chi connectivity index (χ0v) is 6.92. The summed E-state index contributed by atoms with van der Waals surface area (Å²) in [5.41, 5.74) is 5.18. The number of nitrogen functional groups attached to an aromatic ring is 1. The fourth-order valence-electron chi connectivity index (χ4n) is 0.842. The minimum absolute atomic E-state index is 0.0321. The van der Waals surface area contributed by atoms with Crippen molar-refractivity contribution < 1.29 is 10.2 Å². The molecule has 72 valence electrons. The van der Waals surface area contributed by atoms with Gasteiger partial charge in [0.05, 0.1) is 31.1 Å².